The van der Waals surface area contributed by atoms with Crippen molar-refractivity contribution in [3.8, 4) is 0 Å². The van der Waals surface area contributed by atoms with E-state index in [1.165, 1.54) is 5.69 Å². The highest BCUT2D eigenvalue weighted by atomic mass is 79.9. The number of piperazine rings is 1. The number of anilines is 2. The highest BCUT2D eigenvalue weighted by molar-refractivity contribution is 9.10. The van der Waals surface area contributed by atoms with E-state index in [1.54, 1.807) is 11.9 Å². The second-order valence-corrected chi connectivity index (χ2v) is 8.30. The van der Waals surface area contributed by atoms with Crippen LogP contribution in [0.15, 0.2) is 53.0 Å². The molecule has 2 amide bonds. The Hall–Kier alpha value is -2.38. The molecule has 0 spiro atoms. The number of amides is 2. The molecule has 0 saturated carbocycles. The van der Waals surface area contributed by atoms with Gasteiger partial charge >= 0.3 is 0 Å². The van der Waals surface area contributed by atoms with Crippen LogP contribution in [-0.4, -0.2) is 67.9 Å². The Morgan fingerprint density at radius 2 is 1.72 bits per heavy atom. The van der Waals surface area contributed by atoms with E-state index < -0.39 is 0 Å². The van der Waals surface area contributed by atoms with E-state index in [1.807, 2.05) is 48.2 Å². The first kappa shape index (κ1) is 21.3. The van der Waals surface area contributed by atoms with Gasteiger partial charge in [0.2, 0.25) is 11.8 Å². The second-order valence-electron chi connectivity index (χ2n) is 7.38. The topological polar surface area (TPSA) is 55.9 Å². The van der Waals surface area contributed by atoms with Crippen molar-refractivity contribution < 1.29 is 9.59 Å². The number of nitrogens with one attached hydrogen (secondary N) is 1. The van der Waals surface area contributed by atoms with Gasteiger partial charge in [-0.25, -0.2) is 0 Å². The molecule has 2 aromatic carbocycles. The van der Waals surface area contributed by atoms with E-state index >= 15 is 0 Å². The molecule has 1 aliphatic rings. The van der Waals surface area contributed by atoms with Gasteiger partial charge in [0.1, 0.15) is 0 Å². The number of likely N-dealkylation sites (N-methyl/N-ethyl adjacent to an activating group) is 1. The number of rotatable bonds is 6. The first-order valence-corrected chi connectivity index (χ1v) is 10.5. The third-order valence-corrected chi connectivity index (χ3v) is 5.53. The van der Waals surface area contributed by atoms with E-state index in [0.29, 0.717) is 13.1 Å². The Balaban J connectivity index is 1.44. The molecule has 0 aromatic heterocycles. The molecule has 0 radical (unpaired) electrons. The molecule has 0 atom stereocenters. The lowest BCUT2D eigenvalue weighted by Crippen LogP contribution is -2.51. The summed E-state index contributed by atoms with van der Waals surface area (Å²) in [4.78, 5) is 30.9. The fourth-order valence-corrected chi connectivity index (χ4v) is 3.92. The average molecular weight is 459 g/mol. The Bertz CT molecular complexity index is 851. The maximum absolute atomic E-state index is 12.6. The fourth-order valence-electron chi connectivity index (χ4n) is 3.44. The van der Waals surface area contributed by atoms with Crippen LogP contribution in [0.25, 0.3) is 0 Å². The molecule has 1 heterocycles. The standard InChI is InChI=1S/C22H27BrN4O2/c1-17-14-18(23)8-9-20(17)24-21(28)15-25(2)16-22(29)27-12-10-26(11-13-27)19-6-4-3-5-7-19/h3-9,14H,10-13,15-16H2,1-2H3,(H,24,28). The Morgan fingerprint density at radius 1 is 1.03 bits per heavy atom. The Labute approximate surface area is 180 Å². The van der Waals surface area contributed by atoms with Crippen molar-refractivity contribution in [1.29, 1.82) is 0 Å². The number of carbonyl (C=O) groups excluding carboxylic acids is 2. The summed E-state index contributed by atoms with van der Waals surface area (Å²) in [6.45, 7) is 5.40. The zero-order valence-electron chi connectivity index (χ0n) is 16.9. The summed E-state index contributed by atoms with van der Waals surface area (Å²) in [5.74, 6) is -0.0625. The third kappa shape index (κ3) is 6.05. The number of aryl methyl sites for hydroxylation is 1. The molecule has 0 bridgehead atoms. The van der Waals surface area contributed by atoms with Crippen molar-refractivity contribution in [3.05, 3.63) is 58.6 Å². The van der Waals surface area contributed by atoms with Gasteiger partial charge in [-0.05, 0) is 49.9 Å². The smallest absolute Gasteiger partial charge is 0.238 e. The predicted molar refractivity (Wildman–Crippen MR) is 120 cm³/mol. The third-order valence-electron chi connectivity index (χ3n) is 5.03. The molecule has 7 heteroatoms. The maximum atomic E-state index is 12.6. The van der Waals surface area contributed by atoms with Gasteiger partial charge in [-0.2, -0.15) is 0 Å². The van der Waals surface area contributed by atoms with Crippen LogP contribution < -0.4 is 10.2 Å². The summed E-state index contributed by atoms with van der Waals surface area (Å²) in [5, 5.41) is 2.91. The van der Waals surface area contributed by atoms with E-state index in [0.717, 1.165) is 28.8 Å². The summed E-state index contributed by atoms with van der Waals surface area (Å²) < 4.78 is 0.975. The predicted octanol–water partition coefficient (Wildman–Crippen LogP) is 2.98. The normalized spacial score (nSPS) is 14.2. The van der Waals surface area contributed by atoms with Crippen molar-refractivity contribution >= 4 is 39.1 Å². The van der Waals surface area contributed by atoms with Gasteiger partial charge in [-0.1, -0.05) is 34.1 Å². The molecule has 1 saturated heterocycles. The van der Waals surface area contributed by atoms with Gasteiger partial charge in [0.15, 0.2) is 0 Å². The van der Waals surface area contributed by atoms with Gasteiger partial charge in [-0.15, -0.1) is 0 Å². The zero-order valence-corrected chi connectivity index (χ0v) is 18.5. The average Bonchev–Trinajstić information content (AvgIpc) is 2.70. The molecule has 1 N–H and O–H groups in total. The lowest BCUT2D eigenvalue weighted by molar-refractivity contribution is -0.132. The number of halogens is 1. The molecule has 0 unspecified atom stereocenters. The Morgan fingerprint density at radius 3 is 2.38 bits per heavy atom. The van der Waals surface area contributed by atoms with Crippen LogP contribution in [0.5, 0.6) is 0 Å². The molecule has 1 aliphatic heterocycles. The molecule has 0 aliphatic carbocycles. The van der Waals surface area contributed by atoms with E-state index in [2.05, 4.69) is 38.3 Å². The van der Waals surface area contributed by atoms with Crippen LogP contribution in [-0.2, 0) is 9.59 Å². The van der Waals surface area contributed by atoms with Crippen LogP contribution in [0.1, 0.15) is 5.56 Å². The quantitative estimate of drug-likeness (QED) is 0.722. The molecule has 3 rings (SSSR count). The van der Waals surface area contributed by atoms with Crippen LogP contribution in [0, 0.1) is 6.92 Å². The minimum Gasteiger partial charge on any atom is -0.368 e. The Kier molecular flexibility index (Phi) is 7.28. The molecule has 2 aromatic rings. The van der Waals surface area contributed by atoms with Crippen LogP contribution in [0.3, 0.4) is 0 Å². The molecular formula is C22H27BrN4O2. The monoisotopic (exact) mass is 458 g/mol. The SMILES string of the molecule is Cc1cc(Br)ccc1NC(=O)CN(C)CC(=O)N1CCN(c2ccccc2)CC1. The van der Waals surface area contributed by atoms with Crippen LogP contribution >= 0.6 is 15.9 Å². The molecule has 6 nitrogen and oxygen atoms in total. The van der Waals surface area contributed by atoms with E-state index in [4.69, 9.17) is 0 Å². The maximum Gasteiger partial charge on any atom is 0.238 e. The van der Waals surface area contributed by atoms with E-state index in [-0.39, 0.29) is 24.9 Å². The van der Waals surface area contributed by atoms with Gasteiger partial charge < -0.3 is 15.1 Å². The summed E-state index contributed by atoms with van der Waals surface area (Å²) in [7, 11) is 1.80. The van der Waals surface area contributed by atoms with Gasteiger partial charge in [0, 0.05) is 42.0 Å². The summed E-state index contributed by atoms with van der Waals surface area (Å²) in [6, 6.07) is 16.0. The van der Waals surface area contributed by atoms with Crippen molar-refractivity contribution in [2.24, 2.45) is 0 Å². The van der Waals surface area contributed by atoms with Crippen molar-refractivity contribution in [3.63, 3.8) is 0 Å². The van der Waals surface area contributed by atoms with Gasteiger partial charge in [0.25, 0.3) is 0 Å². The minimum absolute atomic E-state index is 0.0628. The summed E-state index contributed by atoms with van der Waals surface area (Å²) >= 11 is 3.42. The number of hydrogen-bond donors (Lipinski definition) is 1. The first-order chi connectivity index (χ1) is 13.9. The van der Waals surface area contributed by atoms with E-state index in [9.17, 15) is 9.59 Å². The molecule has 29 heavy (non-hydrogen) atoms. The van der Waals surface area contributed by atoms with Gasteiger partial charge in [-0.3, -0.25) is 14.5 Å². The van der Waals surface area contributed by atoms with Crippen molar-refractivity contribution in [1.82, 2.24) is 9.80 Å². The number of nitrogens with zero attached hydrogens (tertiary/aromatic N) is 3. The molecule has 1 fully saturated rings. The van der Waals surface area contributed by atoms with Crippen molar-refractivity contribution in [2.45, 2.75) is 6.92 Å². The number of carbonyl (C=O) groups is 2. The largest absolute Gasteiger partial charge is 0.368 e. The highest BCUT2D eigenvalue weighted by Crippen LogP contribution is 2.20. The van der Waals surface area contributed by atoms with Crippen molar-refractivity contribution in [2.75, 3.05) is 56.5 Å². The number of hydrogen-bond acceptors (Lipinski definition) is 4. The number of para-hydroxylation sites is 1. The zero-order chi connectivity index (χ0) is 20.8. The molecular weight excluding hydrogens is 432 g/mol. The van der Waals surface area contributed by atoms with Gasteiger partial charge in [0.05, 0.1) is 13.1 Å². The van der Waals surface area contributed by atoms with Crippen LogP contribution in [0.2, 0.25) is 0 Å². The summed E-state index contributed by atoms with van der Waals surface area (Å²) in [5.41, 5.74) is 2.97. The van der Waals surface area contributed by atoms with Crippen LogP contribution in [0.4, 0.5) is 11.4 Å². The molecule has 154 valence electrons. The first-order valence-electron chi connectivity index (χ1n) is 9.74. The number of benzene rings is 2. The summed E-state index contributed by atoms with van der Waals surface area (Å²) in [6.07, 6.45) is 0. The fraction of sp³-hybridized carbons (Fsp3) is 0.364. The lowest BCUT2D eigenvalue weighted by atomic mass is 10.2. The minimum atomic E-state index is -0.125. The second kappa shape index (κ2) is 9.89. The highest BCUT2D eigenvalue weighted by Gasteiger charge is 2.22. The lowest BCUT2D eigenvalue weighted by Gasteiger charge is -2.36.